The van der Waals surface area contributed by atoms with Gasteiger partial charge in [0.15, 0.2) is 0 Å². The summed E-state index contributed by atoms with van der Waals surface area (Å²) < 4.78 is 0. The number of fused-ring (bicyclic) bond motifs is 4. The zero-order valence-electron chi connectivity index (χ0n) is 10.0. The van der Waals surface area contributed by atoms with Crippen LogP contribution in [0.1, 0.15) is 38.5 Å². The minimum Gasteiger partial charge on any atom is -0.152 e. The van der Waals surface area contributed by atoms with E-state index in [1.54, 1.807) is 0 Å². The van der Waals surface area contributed by atoms with Gasteiger partial charge in [-0.2, -0.15) is 11.8 Å². The van der Waals surface area contributed by atoms with E-state index in [1.807, 2.05) is 0 Å². The van der Waals surface area contributed by atoms with E-state index in [0.717, 1.165) is 43.8 Å². The van der Waals surface area contributed by atoms with Crippen LogP contribution >= 0.6 is 43.6 Å². The van der Waals surface area contributed by atoms with Crippen molar-refractivity contribution in [2.45, 2.75) is 58.7 Å². The smallest absolute Gasteiger partial charge is 0.0295 e. The Balaban J connectivity index is 1.47. The molecule has 4 rings (SSSR count). The zero-order valence-corrected chi connectivity index (χ0v) is 14.0. The van der Waals surface area contributed by atoms with E-state index in [1.165, 1.54) is 38.5 Å². The number of halogens is 2. The normalized spacial score (nSPS) is 60.4. The van der Waals surface area contributed by atoms with Crippen LogP contribution < -0.4 is 0 Å². The maximum atomic E-state index is 4.01. The first-order valence-electron chi connectivity index (χ1n) is 7.17. The summed E-state index contributed by atoms with van der Waals surface area (Å²) in [6.07, 6.45) is 9.04. The molecule has 4 fully saturated rings. The van der Waals surface area contributed by atoms with E-state index in [-0.39, 0.29) is 0 Å². The van der Waals surface area contributed by atoms with Crippen molar-refractivity contribution in [1.29, 1.82) is 0 Å². The van der Waals surface area contributed by atoms with Gasteiger partial charge in [0.2, 0.25) is 0 Å². The third kappa shape index (κ3) is 1.81. The van der Waals surface area contributed by atoms with Gasteiger partial charge < -0.3 is 0 Å². The maximum Gasteiger partial charge on any atom is 0.0295 e. The van der Waals surface area contributed by atoms with Gasteiger partial charge in [0.1, 0.15) is 0 Å². The Morgan fingerprint density at radius 1 is 0.647 bits per heavy atom. The molecule has 0 unspecified atom stereocenters. The van der Waals surface area contributed by atoms with Crippen molar-refractivity contribution in [2.75, 3.05) is 0 Å². The highest BCUT2D eigenvalue weighted by Gasteiger charge is 2.52. The van der Waals surface area contributed by atoms with Crippen molar-refractivity contribution in [2.24, 2.45) is 23.7 Å². The van der Waals surface area contributed by atoms with E-state index >= 15 is 0 Å². The molecule has 96 valence electrons. The fraction of sp³-hybridized carbons (Fsp3) is 1.00. The summed E-state index contributed by atoms with van der Waals surface area (Å²) in [6.45, 7) is 0. The summed E-state index contributed by atoms with van der Waals surface area (Å²) >= 11 is 10.4. The van der Waals surface area contributed by atoms with E-state index in [2.05, 4.69) is 43.6 Å². The number of rotatable bonds is 2. The lowest BCUT2D eigenvalue weighted by atomic mass is 9.99. The lowest BCUT2D eigenvalue weighted by Gasteiger charge is -2.34. The molecule has 0 aromatic heterocycles. The molecule has 0 saturated heterocycles. The summed E-state index contributed by atoms with van der Waals surface area (Å²) in [4.78, 5) is 1.65. The number of alkyl halides is 2. The first kappa shape index (κ1) is 12.1. The lowest BCUT2D eigenvalue weighted by Crippen LogP contribution is -2.32. The highest BCUT2D eigenvalue weighted by atomic mass is 79.9. The largest absolute Gasteiger partial charge is 0.152 e. The van der Waals surface area contributed by atoms with Crippen molar-refractivity contribution in [3.05, 3.63) is 0 Å². The summed E-state index contributed by atoms with van der Waals surface area (Å²) in [6, 6.07) is 0. The summed E-state index contributed by atoms with van der Waals surface area (Å²) in [5, 5.41) is 1.86. The average Bonchev–Trinajstić information content (AvgIpc) is 3.05. The Labute approximate surface area is 125 Å². The second-order valence-corrected chi connectivity index (χ2v) is 10.1. The van der Waals surface area contributed by atoms with Crippen LogP contribution in [0.15, 0.2) is 0 Å². The number of hydrogen-bond acceptors (Lipinski definition) is 1. The Morgan fingerprint density at radius 2 is 1.06 bits per heavy atom. The fourth-order valence-corrected chi connectivity index (χ4v) is 9.51. The van der Waals surface area contributed by atoms with Crippen molar-refractivity contribution in [3.8, 4) is 0 Å². The molecule has 0 aliphatic heterocycles. The van der Waals surface area contributed by atoms with Crippen molar-refractivity contribution >= 4 is 43.6 Å². The number of thioether (sulfide) groups is 1. The monoisotopic (exact) mass is 378 g/mol. The van der Waals surface area contributed by atoms with Gasteiger partial charge >= 0.3 is 0 Å². The summed E-state index contributed by atoms with van der Waals surface area (Å²) in [5.41, 5.74) is 0. The van der Waals surface area contributed by atoms with Crippen LogP contribution in [-0.4, -0.2) is 20.2 Å². The van der Waals surface area contributed by atoms with Crippen LogP contribution in [0.2, 0.25) is 0 Å². The molecule has 0 heterocycles. The Hall–Kier alpha value is 1.31. The first-order valence-corrected chi connectivity index (χ1v) is 9.95. The minimum atomic E-state index is 0.824. The fourth-order valence-electron chi connectivity index (χ4n) is 4.89. The molecule has 4 bridgehead atoms. The van der Waals surface area contributed by atoms with Crippen LogP contribution in [0, 0.1) is 23.7 Å². The molecule has 4 aliphatic rings. The van der Waals surface area contributed by atoms with E-state index in [9.17, 15) is 0 Å². The quantitative estimate of drug-likeness (QED) is 0.618. The average molecular weight is 380 g/mol. The molecule has 8 atom stereocenters. The maximum absolute atomic E-state index is 4.01. The van der Waals surface area contributed by atoms with Gasteiger partial charge in [0.25, 0.3) is 0 Å². The topological polar surface area (TPSA) is 0 Å². The summed E-state index contributed by atoms with van der Waals surface area (Å²) in [5.74, 6) is 4.08. The van der Waals surface area contributed by atoms with Gasteiger partial charge in [-0.25, -0.2) is 0 Å². The number of hydrogen-bond donors (Lipinski definition) is 0. The third-order valence-corrected chi connectivity index (χ3v) is 11.1. The van der Waals surface area contributed by atoms with Gasteiger partial charge in [-0.05, 0) is 62.2 Å². The van der Waals surface area contributed by atoms with Gasteiger partial charge in [0.05, 0.1) is 0 Å². The standard InChI is InChI=1S/C14H20Br2S/c15-11-7-1-3-9(5-7)13(11)17-14-10-4-2-8(6-10)12(14)16/h7-14H,1-6H2/t7-,8+,9+,10-,11-,12-,13-,14+/m1/s1. The van der Waals surface area contributed by atoms with Crippen molar-refractivity contribution < 1.29 is 0 Å². The molecule has 17 heavy (non-hydrogen) atoms. The molecule has 0 nitrogen and oxygen atoms in total. The van der Waals surface area contributed by atoms with Crippen LogP contribution in [0.5, 0.6) is 0 Å². The molecule has 0 spiro atoms. The van der Waals surface area contributed by atoms with Crippen LogP contribution in [0.3, 0.4) is 0 Å². The molecule has 4 saturated carbocycles. The molecule has 0 amide bonds. The highest BCUT2D eigenvalue weighted by Crippen LogP contribution is 2.59. The van der Waals surface area contributed by atoms with E-state index < -0.39 is 0 Å². The van der Waals surface area contributed by atoms with Crippen LogP contribution in [-0.2, 0) is 0 Å². The van der Waals surface area contributed by atoms with Gasteiger partial charge in [-0.3, -0.25) is 0 Å². The highest BCUT2D eigenvalue weighted by molar-refractivity contribution is 9.10. The third-order valence-electron chi connectivity index (χ3n) is 5.80. The van der Waals surface area contributed by atoms with Gasteiger partial charge in [0, 0.05) is 20.2 Å². The van der Waals surface area contributed by atoms with E-state index in [4.69, 9.17) is 0 Å². The predicted octanol–water partition coefficient (Wildman–Crippen LogP) is 4.84. The predicted molar refractivity (Wildman–Crippen MR) is 82.3 cm³/mol. The molecule has 0 aromatic rings. The zero-order chi connectivity index (χ0) is 11.6. The molecule has 0 aromatic carbocycles. The Bertz CT molecular complexity index is 287. The molecular formula is C14H20Br2S. The minimum absolute atomic E-state index is 0.824. The molecule has 4 aliphatic carbocycles. The van der Waals surface area contributed by atoms with E-state index in [0.29, 0.717) is 0 Å². The van der Waals surface area contributed by atoms with Crippen molar-refractivity contribution in [1.82, 2.24) is 0 Å². The molecule has 0 N–H and O–H groups in total. The molecule has 3 heteroatoms. The van der Waals surface area contributed by atoms with Crippen LogP contribution in [0.25, 0.3) is 0 Å². The second kappa shape index (κ2) is 4.41. The van der Waals surface area contributed by atoms with Gasteiger partial charge in [-0.15, -0.1) is 0 Å². The first-order chi connectivity index (χ1) is 8.24. The SMILES string of the molecule is Br[C@@H]1[C@@H]2CC[C@@H](C2)[C@H]1S[C@H]1[C@@H]2CC[C@@H](C2)[C@H]1Br. The van der Waals surface area contributed by atoms with Crippen LogP contribution in [0.4, 0.5) is 0 Å². The Kier molecular flexibility index (Phi) is 3.13. The summed E-state index contributed by atoms with van der Waals surface area (Å²) in [7, 11) is 0. The lowest BCUT2D eigenvalue weighted by molar-refractivity contribution is 0.488. The molecular weight excluding hydrogens is 360 g/mol. The van der Waals surface area contributed by atoms with Crippen molar-refractivity contribution in [3.63, 3.8) is 0 Å². The second-order valence-electron chi connectivity index (χ2n) is 6.62. The molecule has 0 radical (unpaired) electrons. The van der Waals surface area contributed by atoms with Gasteiger partial charge in [-0.1, -0.05) is 31.9 Å². The Morgan fingerprint density at radius 3 is 1.41 bits per heavy atom.